The number of nitrogens with one attached hydrogen (secondary N) is 2. The SMILES string of the molecule is Cc1ccc(C2CC(c3ccc(C)cc3)Nc3ccccc3N2)cc1. The average molecular weight is 328 g/mol. The molecular weight excluding hydrogens is 304 g/mol. The molecule has 0 saturated heterocycles. The molecule has 2 unspecified atom stereocenters. The third-order valence-corrected chi connectivity index (χ3v) is 5.02. The zero-order chi connectivity index (χ0) is 17.2. The van der Waals surface area contributed by atoms with Crippen LogP contribution >= 0.6 is 0 Å². The van der Waals surface area contributed by atoms with Gasteiger partial charge in [-0.15, -0.1) is 0 Å². The van der Waals surface area contributed by atoms with Crippen LogP contribution in [0.5, 0.6) is 0 Å². The quantitative estimate of drug-likeness (QED) is 0.601. The lowest BCUT2D eigenvalue weighted by atomic mass is 9.94. The van der Waals surface area contributed by atoms with Crippen LogP contribution < -0.4 is 10.6 Å². The van der Waals surface area contributed by atoms with Crippen LogP contribution in [0, 0.1) is 13.8 Å². The fourth-order valence-electron chi connectivity index (χ4n) is 3.50. The number of hydrogen-bond donors (Lipinski definition) is 2. The van der Waals surface area contributed by atoms with E-state index in [0.29, 0.717) is 0 Å². The third-order valence-electron chi connectivity index (χ3n) is 5.02. The molecule has 0 aliphatic carbocycles. The molecule has 0 saturated carbocycles. The Labute approximate surface area is 149 Å². The second-order valence-electron chi connectivity index (χ2n) is 7.00. The molecule has 0 fully saturated rings. The van der Waals surface area contributed by atoms with Crippen LogP contribution in [0.3, 0.4) is 0 Å². The maximum atomic E-state index is 3.74. The molecule has 2 nitrogen and oxygen atoms in total. The van der Waals surface area contributed by atoms with Gasteiger partial charge in [-0.05, 0) is 43.5 Å². The first-order valence-electron chi connectivity index (χ1n) is 8.94. The zero-order valence-electron chi connectivity index (χ0n) is 14.8. The minimum absolute atomic E-state index is 0.281. The van der Waals surface area contributed by atoms with E-state index in [2.05, 4.69) is 97.3 Å². The summed E-state index contributed by atoms with van der Waals surface area (Å²) in [5, 5.41) is 7.49. The van der Waals surface area contributed by atoms with Gasteiger partial charge in [-0.25, -0.2) is 0 Å². The lowest BCUT2D eigenvalue weighted by molar-refractivity contribution is 0.622. The number of hydrogen-bond acceptors (Lipinski definition) is 2. The highest BCUT2D eigenvalue weighted by Crippen LogP contribution is 2.38. The summed E-state index contributed by atoms with van der Waals surface area (Å²) in [6.07, 6.45) is 1.00. The van der Waals surface area contributed by atoms with Crippen LogP contribution in [0.1, 0.15) is 40.8 Å². The molecule has 0 spiro atoms. The van der Waals surface area contributed by atoms with E-state index in [9.17, 15) is 0 Å². The van der Waals surface area contributed by atoms with Crippen molar-refractivity contribution in [3.05, 3.63) is 95.1 Å². The van der Waals surface area contributed by atoms with Crippen molar-refractivity contribution >= 4 is 11.4 Å². The summed E-state index contributed by atoms with van der Waals surface area (Å²) in [5.41, 5.74) is 7.60. The number of aryl methyl sites for hydroxylation is 2. The monoisotopic (exact) mass is 328 g/mol. The smallest absolute Gasteiger partial charge is 0.0580 e. The Morgan fingerprint density at radius 1 is 0.600 bits per heavy atom. The number of anilines is 2. The zero-order valence-corrected chi connectivity index (χ0v) is 14.8. The maximum Gasteiger partial charge on any atom is 0.0580 e. The van der Waals surface area contributed by atoms with E-state index >= 15 is 0 Å². The van der Waals surface area contributed by atoms with Gasteiger partial charge in [0, 0.05) is 0 Å². The van der Waals surface area contributed by atoms with Gasteiger partial charge in [0.05, 0.1) is 23.5 Å². The number of para-hydroxylation sites is 2. The normalized spacial score (nSPS) is 19.3. The van der Waals surface area contributed by atoms with Crippen LogP contribution in [0.15, 0.2) is 72.8 Å². The van der Waals surface area contributed by atoms with E-state index in [1.807, 2.05) is 0 Å². The van der Waals surface area contributed by atoms with Crippen molar-refractivity contribution in [2.75, 3.05) is 10.6 Å². The molecule has 0 bridgehead atoms. The molecule has 0 aromatic heterocycles. The number of fused-ring (bicyclic) bond motifs is 1. The second-order valence-corrected chi connectivity index (χ2v) is 7.00. The summed E-state index contributed by atoms with van der Waals surface area (Å²) in [6.45, 7) is 4.27. The molecule has 25 heavy (non-hydrogen) atoms. The van der Waals surface area contributed by atoms with Gasteiger partial charge in [-0.1, -0.05) is 71.8 Å². The summed E-state index contributed by atoms with van der Waals surface area (Å²) in [4.78, 5) is 0. The molecule has 1 aliphatic rings. The van der Waals surface area contributed by atoms with Gasteiger partial charge >= 0.3 is 0 Å². The molecule has 1 heterocycles. The van der Waals surface area contributed by atoms with Crippen LogP contribution in [-0.2, 0) is 0 Å². The van der Waals surface area contributed by atoms with Gasteiger partial charge in [0.1, 0.15) is 0 Å². The second kappa shape index (κ2) is 6.64. The third kappa shape index (κ3) is 3.39. The molecule has 0 amide bonds. The highest BCUT2D eigenvalue weighted by Gasteiger charge is 2.24. The van der Waals surface area contributed by atoms with Crippen LogP contribution in [-0.4, -0.2) is 0 Å². The predicted molar refractivity (Wildman–Crippen MR) is 106 cm³/mol. The lowest BCUT2D eigenvalue weighted by Gasteiger charge is -2.23. The van der Waals surface area contributed by atoms with Gasteiger partial charge < -0.3 is 10.6 Å². The van der Waals surface area contributed by atoms with Gasteiger partial charge in [0.25, 0.3) is 0 Å². The Kier molecular flexibility index (Phi) is 4.19. The molecular formula is C23H24N2. The Hall–Kier alpha value is -2.74. The lowest BCUT2D eigenvalue weighted by Crippen LogP contribution is -2.15. The molecule has 2 heteroatoms. The van der Waals surface area contributed by atoms with Crippen molar-refractivity contribution in [3.8, 4) is 0 Å². The molecule has 126 valence electrons. The average Bonchev–Trinajstić information content (AvgIpc) is 2.82. The Balaban J connectivity index is 1.72. The summed E-state index contributed by atoms with van der Waals surface area (Å²) in [5.74, 6) is 0. The topological polar surface area (TPSA) is 24.1 Å². The van der Waals surface area contributed by atoms with Crippen molar-refractivity contribution in [2.45, 2.75) is 32.4 Å². The molecule has 3 aromatic carbocycles. The van der Waals surface area contributed by atoms with Crippen molar-refractivity contribution in [1.82, 2.24) is 0 Å². The molecule has 2 atom stereocenters. The molecule has 0 radical (unpaired) electrons. The van der Waals surface area contributed by atoms with Crippen LogP contribution in [0.25, 0.3) is 0 Å². The summed E-state index contributed by atoms with van der Waals surface area (Å²) in [7, 11) is 0. The Morgan fingerprint density at radius 2 is 1.00 bits per heavy atom. The van der Waals surface area contributed by atoms with E-state index in [0.717, 1.165) is 6.42 Å². The van der Waals surface area contributed by atoms with Gasteiger partial charge in [-0.3, -0.25) is 0 Å². The molecule has 1 aliphatic heterocycles. The minimum atomic E-state index is 0.281. The first-order chi connectivity index (χ1) is 12.2. The van der Waals surface area contributed by atoms with E-state index in [4.69, 9.17) is 0 Å². The Morgan fingerprint density at radius 3 is 1.40 bits per heavy atom. The number of benzene rings is 3. The fraction of sp³-hybridized carbons (Fsp3) is 0.217. The largest absolute Gasteiger partial charge is 0.376 e. The highest BCUT2D eigenvalue weighted by molar-refractivity contribution is 5.71. The Bertz CT molecular complexity index is 778. The number of rotatable bonds is 2. The first-order valence-corrected chi connectivity index (χ1v) is 8.94. The molecule has 3 aromatic rings. The van der Waals surface area contributed by atoms with Crippen molar-refractivity contribution in [3.63, 3.8) is 0 Å². The van der Waals surface area contributed by atoms with Crippen molar-refractivity contribution in [1.29, 1.82) is 0 Å². The minimum Gasteiger partial charge on any atom is -0.376 e. The van der Waals surface area contributed by atoms with Crippen LogP contribution in [0.2, 0.25) is 0 Å². The van der Waals surface area contributed by atoms with Gasteiger partial charge in [-0.2, -0.15) is 0 Å². The van der Waals surface area contributed by atoms with E-state index in [1.54, 1.807) is 0 Å². The van der Waals surface area contributed by atoms with Gasteiger partial charge in [0.2, 0.25) is 0 Å². The van der Waals surface area contributed by atoms with Crippen molar-refractivity contribution < 1.29 is 0 Å². The van der Waals surface area contributed by atoms with Crippen molar-refractivity contribution in [2.24, 2.45) is 0 Å². The summed E-state index contributed by atoms with van der Waals surface area (Å²) in [6, 6.07) is 26.8. The van der Waals surface area contributed by atoms with E-state index in [-0.39, 0.29) is 12.1 Å². The highest BCUT2D eigenvalue weighted by atomic mass is 15.0. The fourth-order valence-corrected chi connectivity index (χ4v) is 3.50. The first kappa shape index (κ1) is 15.8. The standard InChI is InChI=1S/C23H24N2/c1-16-7-11-18(12-8-16)22-15-23(19-13-9-17(2)10-14-19)25-21-6-4-3-5-20(21)24-22/h3-14,22-25H,15H2,1-2H3. The van der Waals surface area contributed by atoms with Gasteiger partial charge in [0.15, 0.2) is 0 Å². The van der Waals surface area contributed by atoms with Crippen LogP contribution in [0.4, 0.5) is 11.4 Å². The van der Waals surface area contributed by atoms with E-state index < -0.39 is 0 Å². The summed E-state index contributed by atoms with van der Waals surface area (Å²) >= 11 is 0. The summed E-state index contributed by atoms with van der Waals surface area (Å²) < 4.78 is 0. The van der Waals surface area contributed by atoms with E-state index in [1.165, 1.54) is 33.6 Å². The molecule has 4 rings (SSSR count). The maximum absolute atomic E-state index is 3.74. The molecule has 2 N–H and O–H groups in total. The predicted octanol–water partition coefficient (Wildman–Crippen LogP) is 6.01.